The summed E-state index contributed by atoms with van der Waals surface area (Å²) in [6, 6.07) is 8.21. The van der Waals surface area contributed by atoms with Crippen LogP contribution in [-0.2, 0) is 10.3 Å². The molecule has 6 nitrogen and oxygen atoms in total. The smallest absolute Gasteiger partial charge is 0.144 e. The van der Waals surface area contributed by atoms with Gasteiger partial charge in [-0.25, -0.2) is 9.97 Å². The highest BCUT2D eigenvalue weighted by molar-refractivity contribution is 5.92. The minimum atomic E-state index is 0.119. The molecule has 0 aliphatic heterocycles. The van der Waals surface area contributed by atoms with Crippen LogP contribution in [0.1, 0.15) is 31.9 Å². The molecule has 22 heavy (non-hydrogen) atoms. The molecule has 0 aliphatic carbocycles. The van der Waals surface area contributed by atoms with Crippen molar-refractivity contribution >= 4 is 23.5 Å². The number of aromatic nitrogens is 2. The Balaban J connectivity index is 2.27. The SMILES string of the molecule is CO/N=C/c1c(N)ncnc1Nc1ccc(C(C)(C)C)cc1. The van der Waals surface area contributed by atoms with Crippen LogP contribution in [0, 0.1) is 0 Å². The van der Waals surface area contributed by atoms with Crippen LogP contribution in [0.25, 0.3) is 0 Å². The average molecular weight is 299 g/mol. The van der Waals surface area contributed by atoms with Crippen molar-refractivity contribution in [1.82, 2.24) is 9.97 Å². The first-order chi connectivity index (χ1) is 10.4. The maximum absolute atomic E-state index is 5.86. The molecule has 1 aromatic heterocycles. The third-order valence-electron chi connectivity index (χ3n) is 3.22. The van der Waals surface area contributed by atoms with Gasteiger partial charge in [0, 0.05) is 5.69 Å². The molecular weight excluding hydrogens is 278 g/mol. The van der Waals surface area contributed by atoms with Crippen LogP contribution in [0.2, 0.25) is 0 Å². The van der Waals surface area contributed by atoms with Crippen molar-refractivity contribution in [2.45, 2.75) is 26.2 Å². The third-order valence-corrected chi connectivity index (χ3v) is 3.22. The number of nitrogens with zero attached hydrogens (tertiary/aromatic N) is 3. The van der Waals surface area contributed by atoms with Crippen molar-refractivity contribution in [2.75, 3.05) is 18.2 Å². The molecule has 116 valence electrons. The Morgan fingerprint density at radius 3 is 2.45 bits per heavy atom. The highest BCUT2D eigenvalue weighted by Crippen LogP contribution is 2.25. The van der Waals surface area contributed by atoms with E-state index in [0.29, 0.717) is 17.2 Å². The summed E-state index contributed by atoms with van der Waals surface area (Å²) < 4.78 is 0. The van der Waals surface area contributed by atoms with Crippen LogP contribution in [0.3, 0.4) is 0 Å². The van der Waals surface area contributed by atoms with E-state index in [9.17, 15) is 0 Å². The highest BCUT2D eigenvalue weighted by Gasteiger charge is 2.13. The second kappa shape index (κ2) is 6.43. The van der Waals surface area contributed by atoms with Gasteiger partial charge in [0.25, 0.3) is 0 Å². The quantitative estimate of drug-likeness (QED) is 0.669. The molecule has 0 amide bonds. The van der Waals surface area contributed by atoms with E-state index in [1.54, 1.807) is 0 Å². The summed E-state index contributed by atoms with van der Waals surface area (Å²) in [5, 5.41) is 6.95. The largest absolute Gasteiger partial charge is 0.399 e. The topological polar surface area (TPSA) is 85.4 Å². The van der Waals surface area contributed by atoms with Crippen LogP contribution in [0.4, 0.5) is 17.3 Å². The fourth-order valence-electron chi connectivity index (χ4n) is 1.93. The summed E-state index contributed by atoms with van der Waals surface area (Å²) in [6.45, 7) is 6.54. The second-order valence-electron chi connectivity index (χ2n) is 5.89. The van der Waals surface area contributed by atoms with Gasteiger partial charge in [-0.15, -0.1) is 0 Å². The Morgan fingerprint density at radius 1 is 1.18 bits per heavy atom. The van der Waals surface area contributed by atoms with Gasteiger partial charge in [-0.3, -0.25) is 0 Å². The molecule has 0 atom stereocenters. The van der Waals surface area contributed by atoms with Crippen LogP contribution < -0.4 is 11.1 Å². The molecule has 0 aliphatic rings. The van der Waals surface area contributed by atoms with E-state index in [1.807, 2.05) is 12.1 Å². The number of rotatable bonds is 4. The highest BCUT2D eigenvalue weighted by atomic mass is 16.6. The van der Waals surface area contributed by atoms with Gasteiger partial charge in [-0.1, -0.05) is 38.1 Å². The van der Waals surface area contributed by atoms with Crippen molar-refractivity contribution in [1.29, 1.82) is 0 Å². The number of nitrogens with two attached hydrogens (primary N) is 1. The molecule has 1 heterocycles. The molecule has 1 aromatic carbocycles. The summed E-state index contributed by atoms with van der Waals surface area (Å²) in [4.78, 5) is 12.9. The van der Waals surface area contributed by atoms with E-state index in [-0.39, 0.29) is 5.41 Å². The number of hydrogen-bond donors (Lipinski definition) is 2. The molecule has 2 aromatic rings. The number of hydrogen-bond acceptors (Lipinski definition) is 6. The molecule has 2 rings (SSSR count). The van der Waals surface area contributed by atoms with E-state index in [1.165, 1.54) is 25.2 Å². The van der Waals surface area contributed by atoms with Gasteiger partial charge in [0.05, 0.1) is 11.8 Å². The van der Waals surface area contributed by atoms with Crippen LogP contribution >= 0.6 is 0 Å². The average Bonchev–Trinajstić information content (AvgIpc) is 2.46. The fraction of sp³-hybridized carbons (Fsp3) is 0.312. The molecule has 6 heteroatoms. The maximum atomic E-state index is 5.86. The standard InChI is InChI=1S/C16H21N5O/c1-16(2,3)11-5-7-12(8-6-11)21-15-13(9-20-22-4)14(17)18-10-19-15/h5-10H,1-4H3,(H3,17,18,19,21)/b20-9+. The molecule has 0 saturated heterocycles. The molecule has 0 unspecified atom stereocenters. The lowest BCUT2D eigenvalue weighted by Gasteiger charge is -2.19. The summed E-state index contributed by atoms with van der Waals surface area (Å²) in [5.41, 5.74) is 8.75. The fourth-order valence-corrected chi connectivity index (χ4v) is 1.93. The predicted octanol–water partition coefficient (Wildman–Crippen LogP) is 3.08. The van der Waals surface area contributed by atoms with Gasteiger partial charge in [-0.2, -0.15) is 0 Å². The summed E-state index contributed by atoms with van der Waals surface area (Å²) in [5.74, 6) is 0.918. The van der Waals surface area contributed by atoms with Gasteiger partial charge in [0.1, 0.15) is 25.1 Å². The summed E-state index contributed by atoms with van der Waals surface area (Å²) in [7, 11) is 1.47. The van der Waals surface area contributed by atoms with Gasteiger partial charge >= 0.3 is 0 Å². The Morgan fingerprint density at radius 2 is 1.86 bits per heavy atom. The maximum Gasteiger partial charge on any atom is 0.144 e. The summed E-state index contributed by atoms with van der Waals surface area (Å²) in [6.07, 6.45) is 2.90. The third kappa shape index (κ3) is 3.72. The zero-order chi connectivity index (χ0) is 16.2. The minimum absolute atomic E-state index is 0.119. The molecule has 0 fully saturated rings. The van der Waals surface area contributed by atoms with E-state index in [2.05, 4.69) is 58.2 Å². The Labute approximate surface area is 130 Å². The van der Waals surface area contributed by atoms with Crippen molar-refractivity contribution in [3.8, 4) is 0 Å². The molecule has 0 spiro atoms. The van der Waals surface area contributed by atoms with Gasteiger partial charge < -0.3 is 15.9 Å². The van der Waals surface area contributed by atoms with Gasteiger partial charge in [-0.05, 0) is 23.1 Å². The second-order valence-corrected chi connectivity index (χ2v) is 5.89. The van der Waals surface area contributed by atoms with Crippen molar-refractivity contribution in [3.05, 3.63) is 41.7 Å². The van der Waals surface area contributed by atoms with Crippen molar-refractivity contribution in [2.24, 2.45) is 5.16 Å². The predicted molar refractivity (Wildman–Crippen MR) is 89.5 cm³/mol. The first-order valence-corrected chi connectivity index (χ1v) is 6.96. The van der Waals surface area contributed by atoms with E-state index in [4.69, 9.17) is 5.73 Å². The molecular formula is C16H21N5O. The van der Waals surface area contributed by atoms with E-state index < -0.39 is 0 Å². The lowest BCUT2D eigenvalue weighted by atomic mass is 9.87. The zero-order valence-electron chi connectivity index (χ0n) is 13.3. The molecule has 0 saturated carbocycles. The Kier molecular flexibility index (Phi) is 4.60. The lowest BCUT2D eigenvalue weighted by Crippen LogP contribution is -2.10. The van der Waals surface area contributed by atoms with Crippen LogP contribution in [0.15, 0.2) is 35.7 Å². The first-order valence-electron chi connectivity index (χ1n) is 6.96. The van der Waals surface area contributed by atoms with E-state index >= 15 is 0 Å². The number of benzene rings is 1. The zero-order valence-corrected chi connectivity index (χ0v) is 13.3. The number of oxime groups is 1. The van der Waals surface area contributed by atoms with Gasteiger partial charge in [0.15, 0.2) is 0 Å². The number of anilines is 3. The normalized spacial score (nSPS) is 11.6. The van der Waals surface area contributed by atoms with Crippen molar-refractivity contribution < 1.29 is 4.84 Å². The van der Waals surface area contributed by atoms with E-state index in [0.717, 1.165) is 5.69 Å². The molecule has 0 bridgehead atoms. The minimum Gasteiger partial charge on any atom is -0.399 e. The Bertz CT molecular complexity index is 659. The monoisotopic (exact) mass is 299 g/mol. The Hall–Kier alpha value is -2.63. The molecule has 3 N–H and O–H groups in total. The first kappa shape index (κ1) is 15.8. The van der Waals surface area contributed by atoms with Crippen LogP contribution in [-0.4, -0.2) is 23.3 Å². The summed E-state index contributed by atoms with van der Waals surface area (Å²) >= 11 is 0. The van der Waals surface area contributed by atoms with Crippen LogP contribution in [0.5, 0.6) is 0 Å². The van der Waals surface area contributed by atoms with Gasteiger partial charge in [0.2, 0.25) is 0 Å². The lowest BCUT2D eigenvalue weighted by molar-refractivity contribution is 0.215. The number of nitrogens with one attached hydrogen (secondary N) is 1. The van der Waals surface area contributed by atoms with Crippen molar-refractivity contribution in [3.63, 3.8) is 0 Å². The number of nitrogen functional groups attached to an aromatic ring is 1. The molecule has 0 radical (unpaired) electrons.